The van der Waals surface area contributed by atoms with E-state index < -0.39 is 31.1 Å². The molecule has 0 radical (unpaired) electrons. The minimum absolute atomic E-state index is 0.148. The zero-order valence-electron chi connectivity index (χ0n) is 21.7. The summed E-state index contributed by atoms with van der Waals surface area (Å²) in [5, 5.41) is 25.4. The van der Waals surface area contributed by atoms with E-state index in [4.69, 9.17) is 45.0 Å². The number of amides is 1. The van der Waals surface area contributed by atoms with Crippen molar-refractivity contribution in [2.24, 2.45) is 5.10 Å². The highest BCUT2D eigenvalue weighted by atomic mass is 35.5. The fourth-order valence-electron chi connectivity index (χ4n) is 4.73. The monoisotopic (exact) mass is 642 g/mol. The van der Waals surface area contributed by atoms with Gasteiger partial charge in [-0.2, -0.15) is 10.5 Å². The number of phenols is 2. The van der Waals surface area contributed by atoms with Gasteiger partial charge in [0.25, 0.3) is 0 Å². The molecule has 2 aliphatic heterocycles. The molecule has 0 saturated carbocycles. The van der Waals surface area contributed by atoms with Crippen LogP contribution in [0.5, 0.6) is 11.5 Å². The summed E-state index contributed by atoms with van der Waals surface area (Å²) in [7, 11) is -4.72. The average Bonchev–Trinajstić information content (AvgIpc) is 3.39. The predicted octanol–water partition coefficient (Wildman–Crippen LogP) is 3.21. The number of halogens is 3. The fourth-order valence-corrected chi connectivity index (χ4v) is 6.00. The highest BCUT2D eigenvalue weighted by Gasteiger charge is 2.47. The number of carbonyl (C=O) groups excluding carboxylic acids is 1. The molecule has 41 heavy (non-hydrogen) atoms. The molecular weight excluding hydrogens is 615 g/mol. The number of hydrogen-bond acceptors (Lipinski definition) is 8. The van der Waals surface area contributed by atoms with Crippen LogP contribution in [0.25, 0.3) is 0 Å². The molecule has 14 heteroatoms. The number of phenolic OH excluding ortho intramolecular Hbond substituents is 2. The van der Waals surface area contributed by atoms with E-state index in [9.17, 15) is 17.8 Å². The van der Waals surface area contributed by atoms with Gasteiger partial charge >= 0.3 is 5.91 Å². The SMILES string of the molecule is O=C(N[NH+]1CCCCC1)C1=NN(C2(Cl)C=CC=CC2Cl)[C@@H](c2ccc(Cl)cc2)C1.O=S(=O)([O-])c1cc(O)ccc1O. The molecule has 2 unspecified atom stereocenters. The van der Waals surface area contributed by atoms with Crippen LogP contribution >= 0.6 is 34.8 Å². The van der Waals surface area contributed by atoms with Crippen LogP contribution in [0.3, 0.4) is 0 Å². The van der Waals surface area contributed by atoms with E-state index in [1.807, 2.05) is 48.6 Å². The van der Waals surface area contributed by atoms with Crippen LogP contribution in [0.15, 0.2) is 76.8 Å². The summed E-state index contributed by atoms with van der Waals surface area (Å²) in [5.74, 6) is -1.20. The summed E-state index contributed by atoms with van der Waals surface area (Å²) in [6.07, 6.45) is 11.3. The molecule has 3 aliphatic rings. The van der Waals surface area contributed by atoms with Crippen LogP contribution in [-0.4, -0.2) is 63.3 Å². The second kappa shape index (κ2) is 13.0. The molecule has 10 nitrogen and oxygen atoms in total. The largest absolute Gasteiger partial charge is 0.744 e. The second-order valence-corrected chi connectivity index (χ2v) is 12.6. The van der Waals surface area contributed by atoms with Crippen LogP contribution in [0.1, 0.15) is 37.3 Å². The summed E-state index contributed by atoms with van der Waals surface area (Å²) >= 11 is 19.6. The van der Waals surface area contributed by atoms with Gasteiger partial charge in [-0.25, -0.2) is 13.4 Å². The predicted molar refractivity (Wildman–Crippen MR) is 155 cm³/mol. The van der Waals surface area contributed by atoms with E-state index in [0.717, 1.165) is 48.6 Å². The average molecular weight is 644 g/mol. The molecule has 0 aromatic heterocycles. The van der Waals surface area contributed by atoms with Crippen molar-refractivity contribution in [2.45, 2.75) is 47.0 Å². The zero-order valence-corrected chi connectivity index (χ0v) is 24.8. The number of hydrazone groups is 1. The van der Waals surface area contributed by atoms with Gasteiger partial charge in [0.15, 0.2) is 5.00 Å². The first-order chi connectivity index (χ1) is 19.4. The van der Waals surface area contributed by atoms with Gasteiger partial charge in [-0.1, -0.05) is 53.6 Å². The number of rotatable bonds is 5. The number of quaternary nitrogens is 1. The molecular formula is C27H29Cl3N4O6S. The van der Waals surface area contributed by atoms with Gasteiger partial charge in [0.1, 0.15) is 27.3 Å². The minimum Gasteiger partial charge on any atom is -0.744 e. The molecule has 2 aromatic rings. The molecule has 1 saturated heterocycles. The first kappa shape index (κ1) is 31.1. The Hall–Kier alpha value is -2.80. The number of nitrogens with zero attached hydrogens (tertiary/aromatic N) is 2. The van der Waals surface area contributed by atoms with Gasteiger partial charge in [-0.05, 0) is 55.2 Å². The van der Waals surface area contributed by atoms with Crippen molar-refractivity contribution in [1.82, 2.24) is 10.4 Å². The number of nitrogens with one attached hydrogen (secondary N) is 2. The first-order valence-corrected chi connectivity index (χ1v) is 15.4. The number of carbonyl (C=O) groups is 1. The number of piperidine rings is 1. The Labute approximate surface area is 253 Å². The van der Waals surface area contributed by atoms with E-state index in [2.05, 4.69) is 10.5 Å². The van der Waals surface area contributed by atoms with Crippen molar-refractivity contribution in [3.8, 4) is 11.5 Å². The third-order valence-corrected chi connectivity index (χ3v) is 9.09. The second-order valence-electron chi connectivity index (χ2n) is 9.76. The summed E-state index contributed by atoms with van der Waals surface area (Å²) in [5.41, 5.74) is 4.53. The van der Waals surface area contributed by atoms with Crippen molar-refractivity contribution < 1.29 is 33.0 Å². The molecule has 3 atom stereocenters. The van der Waals surface area contributed by atoms with Crippen molar-refractivity contribution in [3.63, 3.8) is 0 Å². The molecule has 5 rings (SSSR count). The summed E-state index contributed by atoms with van der Waals surface area (Å²) < 4.78 is 31.1. The van der Waals surface area contributed by atoms with Crippen LogP contribution < -0.4 is 10.4 Å². The molecule has 1 aliphatic carbocycles. The van der Waals surface area contributed by atoms with Crippen molar-refractivity contribution in [2.75, 3.05) is 13.1 Å². The molecule has 2 aromatic carbocycles. The van der Waals surface area contributed by atoms with Gasteiger partial charge in [0, 0.05) is 17.5 Å². The van der Waals surface area contributed by atoms with Gasteiger partial charge in [-0.15, -0.1) is 11.6 Å². The lowest BCUT2D eigenvalue weighted by Gasteiger charge is -2.40. The third-order valence-electron chi connectivity index (χ3n) is 6.85. The highest BCUT2D eigenvalue weighted by molar-refractivity contribution is 7.85. The van der Waals surface area contributed by atoms with Gasteiger partial charge in [0.2, 0.25) is 0 Å². The lowest BCUT2D eigenvalue weighted by Crippen LogP contribution is -3.20. The number of hydrogen-bond donors (Lipinski definition) is 4. The Bertz CT molecular complexity index is 1460. The van der Waals surface area contributed by atoms with Gasteiger partial charge < -0.3 is 14.8 Å². The maximum absolute atomic E-state index is 12.9. The Morgan fingerprint density at radius 1 is 1.10 bits per heavy atom. The highest BCUT2D eigenvalue weighted by Crippen LogP contribution is 2.44. The maximum atomic E-state index is 12.9. The van der Waals surface area contributed by atoms with E-state index in [-0.39, 0.29) is 17.7 Å². The Kier molecular flexibility index (Phi) is 9.89. The number of allylic oxidation sites excluding steroid dienone is 2. The fraction of sp³-hybridized carbons (Fsp3) is 0.333. The van der Waals surface area contributed by atoms with E-state index >= 15 is 0 Å². The lowest BCUT2D eigenvalue weighted by atomic mass is 9.98. The molecule has 220 valence electrons. The molecule has 1 fully saturated rings. The van der Waals surface area contributed by atoms with E-state index in [0.29, 0.717) is 23.2 Å². The topological polar surface area (TPSA) is 147 Å². The van der Waals surface area contributed by atoms with Crippen LogP contribution in [0, 0.1) is 0 Å². The molecule has 2 heterocycles. The normalized spacial score (nSPS) is 24.4. The van der Waals surface area contributed by atoms with E-state index in [1.54, 1.807) is 5.01 Å². The third kappa shape index (κ3) is 7.54. The van der Waals surface area contributed by atoms with Crippen molar-refractivity contribution in [3.05, 3.63) is 77.4 Å². The standard InChI is InChI=1S/C21H23Cl3N4O.C6H6O5S/c22-16-9-7-15(8-10-16)18-14-17(20(29)26-27-12-4-1-5-13-27)25-28(18)21(24)11-3-2-6-19(21)23;7-4-1-2-5(8)6(3-4)12(9,10)11/h2-3,6-11,18-19H,1,4-5,12-14H2,(H,26,29);1-3,7-8H,(H,9,10,11)/t18-,19?,21?;/m1./s1. The minimum atomic E-state index is -4.72. The molecule has 4 N–H and O–H groups in total. The van der Waals surface area contributed by atoms with Crippen LogP contribution in [0.2, 0.25) is 5.02 Å². The van der Waals surface area contributed by atoms with Gasteiger partial charge in [-0.3, -0.25) is 9.80 Å². The Balaban J connectivity index is 0.000000271. The molecule has 0 spiro atoms. The smallest absolute Gasteiger partial charge is 0.312 e. The summed E-state index contributed by atoms with van der Waals surface area (Å²) in [6.45, 7) is 1.89. The zero-order chi connectivity index (χ0) is 29.8. The van der Waals surface area contributed by atoms with Crippen molar-refractivity contribution >= 4 is 56.5 Å². The van der Waals surface area contributed by atoms with Crippen molar-refractivity contribution in [1.29, 1.82) is 0 Å². The lowest BCUT2D eigenvalue weighted by molar-refractivity contribution is -0.940. The Morgan fingerprint density at radius 2 is 1.78 bits per heavy atom. The Morgan fingerprint density at radius 3 is 2.39 bits per heavy atom. The van der Waals surface area contributed by atoms with Gasteiger partial charge in [0.05, 0.1) is 29.4 Å². The van der Waals surface area contributed by atoms with Crippen LogP contribution in [0.4, 0.5) is 0 Å². The number of alkyl halides is 2. The number of benzene rings is 2. The summed E-state index contributed by atoms with van der Waals surface area (Å²) in [4.78, 5) is 11.1. The summed E-state index contributed by atoms with van der Waals surface area (Å²) in [6, 6.07) is 10.0. The van der Waals surface area contributed by atoms with E-state index in [1.165, 1.54) is 6.42 Å². The maximum Gasteiger partial charge on any atom is 0.312 e. The molecule has 1 amide bonds. The molecule has 0 bridgehead atoms. The van der Waals surface area contributed by atoms with Crippen LogP contribution in [-0.2, 0) is 14.9 Å². The first-order valence-electron chi connectivity index (χ1n) is 12.8. The quantitative estimate of drug-likeness (QED) is 0.169. The number of aromatic hydroxyl groups is 2.